The highest BCUT2D eigenvalue weighted by atomic mass is 16.4. The van der Waals surface area contributed by atoms with Gasteiger partial charge in [-0.2, -0.15) is 0 Å². The van der Waals surface area contributed by atoms with Crippen LogP contribution in [-0.2, 0) is 11.2 Å². The Morgan fingerprint density at radius 2 is 1.88 bits per heavy atom. The first-order chi connectivity index (χ1) is 8.02. The molecule has 94 valence electrons. The molecule has 1 aromatic carbocycles. The van der Waals surface area contributed by atoms with Gasteiger partial charge >= 0.3 is 5.97 Å². The summed E-state index contributed by atoms with van der Waals surface area (Å²) < 4.78 is 0. The van der Waals surface area contributed by atoms with Crippen LogP contribution in [-0.4, -0.2) is 17.6 Å². The zero-order chi connectivity index (χ0) is 12.8. The molecule has 1 rings (SSSR count). The topological polar surface area (TPSA) is 63.3 Å². The van der Waals surface area contributed by atoms with Crippen molar-refractivity contribution < 1.29 is 9.90 Å². The van der Waals surface area contributed by atoms with Crippen molar-refractivity contribution >= 4 is 5.97 Å². The summed E-state index contributed by atoms with van der Waals surface area (Å²) >= 11 is 0. The maximum Gasteiger partial charge on any atom is 0.303 e. The predicted molar refractivity (Wildman–Crippen MR) is 69.0 cm³/mol. The molecule has 3 N–H and O–H groups in total. The van der Waals surface area contributed by atoms with E-state index in [0.717, 1.165) is 12.0 Å². The highest BCUT2D eigenvalue weighted by molar-refractivity contribution is 5.67. The molecule has 3 heteroatoms. The Morgan fingerprint density at radius 1 is 1.29 bits per heavy atom. The molecule has 0 saturated carbocycles. The van der Waals surface area contributed by atoms with Gasteiger partial charge in [-0.15, -0.1) is 0 Å². The lowest BCUT2D eigenvalue weighted by Crippen LogP contribution is -2.20. The summed E-state index contributed by atoms with van der Waals surface area (Å²) in [6.07, 6.45) is 0.879. The second kappa shape index (κ2) is 6.40. The second-order valence-electron chi connectivity index (χ2n) is 4.80. The summed E-state index contributed by atoms with van der Waals surface area (Å²) in [4.78, 5) is 10.6. The third kappa shape index (κ3) is 4.57. The Hall–Kier alpha value is -1.35. The van der Waals surface area contributed by atoms with Crippen molar-refractivity contribution in [2.75, 3.05) is 6.54 Å². The van der Waals surface area contributed by atoms with Gasteiger partial charge in [-0.25, -0.2) is 0 Å². The molecule has 0 spiro atoms. The number of aliphatic carboxylic acids is 1. The molecule has 1 unspecified atom stereocenters. The zero-order valence-corrected chi connectivity index (χ0v) is 10.5. The molecular weight excluding hydrogens is 214 g/mol. The number of carboxylic acids is 1. The zero-order valence-electron chi connectivity index (χ0n) is 10.5. The van der Waals surface area contributed by atoms with Gasteiger partial charge in [0.1, 0.15) is 0 Å². The molecule has 0 aliphatic heterocycles. The highest BCUT2D eigenvalue weighted by Gasteiger charge is 2.12. The van der Waals surface area contributed by atoms with Crippen molar-refractivity contribution in [2.24, 2.45) is 11.7 Å². The van der Waals surface area contributed by atoms with Gasteiger partial charge < -0.3 is 10.8 Å². The summed E-state index contributed by atoms with van der Waals surface area (Å²) in [5.41, 5.74) is 8.04. The molecule has 0 aliphatic carbocycles. The molecule has 0 bridgehead atoms. The largest absolute Gasteiger partial charge is 0.481 e. The Bertz CT molecular complexity index is 357. The van der Waals surface area contributed by atoms with Crippen molar-refractivity contribution in [3.8, 4) is 0 Å². The van der Waals surface area contributed by atoms with Gasteiger partial charge in [0.05, 0.1) is 0 Å². The lowest BCUT2D eigenvalue weighted by molar-refractivity contribution is -0.138. The monoisotopic (exact) mass is 235 g/mol. The van der Waals surface area contributed by atoms with E-state index < -0.39 is 5.97 Å². The minimum atomic E-state index is -0.778. The predicted octanol–water partition coefficient (Wildman–Crippen LogP) is 2.40. The molecule has 0 aliphatic rings. The third-order valence-electron chi connectivity index (χ3n) is 2.97. The van der Waals surface area contributed by atoms with E-state index in [1.807, 2.05) is 0 Å². The minimum Gasteiger partial charge on any atom is -0.481 e. The second-order valence-corrected chi connectivity index (χ2v) is 4.80. The van der Waals surface area contributed by atoms with Crippen LogP contribution in [0, 0.1) is 5.92 Å². The molecule has 0 saturated heterocycles. The van der Waals surface area contributed by atoms with Crippen LogP contribution in [0.5, 0.6) is 0 Å². The molecule has 17 heavy (non-hydrogen) atoms. The van der Waals surface area contributed by atoms with Gasteiger partial charge in [-0.1, -0.05) is 38.1 Å². The van der Waals surface area contributed by atoms with E-state index in [1.165, 1.54) is 5.56 Å². The highest BCUT2D eigenvalue weighted by Crippen LogP contribution is 2.17. The lowest BCUT2D eigenvalue weighted by Gasteiger charge is -2.13. The van der Waals surface area contributed by atoms with Crippen molar-refractivity contribution in [3.63, 3.8) is 0 Å². The molecule has 0 heterocycles. The summed E-state index contributed by atoms with van der Waals surface area (Å²) in [5, 5.41) is 8.75. The number of hydrogen-bond donors (Lipinski definition) is 2. The van der Waals surface area contributed by atoms with E-state index in [9.17, 15) is 4.79 Å². The number of rotatable bonds is 6. The van der Waals surface area contributed by atoms with E-state index >= 15 is 0 Å². The van der Waals surface area contributed by atoms with Gasteiger partial charge in [0.15, 0.2) is 0 Å². The maximum absolute atomic E-state index is 10.6. The fourth-order valence-electron chi connectivity index (χ4n) is 1.86. The lowest BCUT2D eigenvalue weighted by atomic mass is 9.94. The molecule has 1 atom stereocenters. The fraction of sp³-hybridized carbons (Fsp3) is 0.500. The van der Waals surface area contributed by atoms with E-state index in [-0.39, 0.29) is 12.3 Å². The van der Waals surface area contributed by atoms with Crippen molar-refractivity contribution in [3.05, 3.63) is 35.4 Å². The van der Waals surface area contributed by atoms with Crippen LogP contribution in [0.2, 0.25) is 0 Å². The Morgan fingerprint density at radius 3 is 2.29 bits per heavy atom. The summed E-state index contributed by atoms with van der Waals surface area (Å²) in [6.45, 7) is 4.72. The van der Waals surface area contributed by atoms with Gasteiger partial charge in [-0.3, -0.25) is 4.79 Å². The third-order valence-corrected chi connectivity index (χ3v) is 2.97. The van der Waals surface area contributed by atoms with E-state index in [4.69, 9.17) is 10.8 Å². The number of nitrogens with two attached hydrogens (primary N) is 1. The number of carboxylic acid groups (broad SMARTS) is 1. The Balaban J connectivity index is 2.64. The summed E-state index contributed by atoms with van der Waals surface area (Å²) in [6, 6.07) is 8.35. The average molecular weight is 235 g/mol. The van der Waals surface area contributed by atoms with E-state index in [0.29, 0.717) is 12.5 Å². The van der Waals surface area contributed by atoms with Gasteiger partial charge in [-0.05, 0) is 35.9 Å². The van der Waals surface area contributed by atoms with Crippen molar-refractivity contribution in [1.29, 1.82) is 0 Å². The SMILES string of the molecule is CC(C)c1ccc(CC(CN)CC(=O)O)cc1. The maximum atomic E-state index is 10.6. The first-order valence-electron chi connectivity index (χ1n) is 6.03. The van der Waals surface area contributed by atoms with Crippen LogP contribution in [0.25, 0.3) is 0 Å². The van der Waals surface area contributed by atoms with Crippen LogP contribution in [0.1, 0.15) is 37.3 Å². The van der Waals surface area contributed by atoms with E-state index in [2.05, 4.69) is 38.1 Å². The first-order valence-corrected chi connectivity index (χ1v) is 6.03. The minimum absolute atomic E-state index is 0.0254. The fourth-order valence-corrected chi connectivity index (χ4v) is 1.86. The summed E-state index contributed by atoms with van der Waals surface area (Å²) in [5.74, 6) is -0.231. The van der Waals surface area contributed by atoms with Crippen LogP contribution >= 0.6 is 0 Å². The van der Waals surface area contributed by atoms with Crippen molar-refractivity contribution in [2.45, 2.75) is 32.6 Å². The number of carbonyl (C=O) groups is 1. The summed E-state index contributed by atoms with van der Waals surface area (Å²) in [7, 11) is 0. The average Bonchev–Trinajstić information content (AvgIpc) is 2.28. The molecular formula is C14H21NO2. The molecule has 3 nitrogen and oxygen atoms in total. The Labute approximate surface area is 103 Å². The van der Waals surface area contributed by atoms with Crippen molar-refractivity contribution in [1.82, 2.24) is 0 Å². The number of hydrogen-bond acceptors (Lipinski definition) is 2. The Kier molecular flexibility index (Phi) is 5.16. The van der Waals surface area contributed by atoms with Crippen LogP contribution in [0.4, 0.5) is 0 Å². The molecule has 0 amide bonds. The molecule has 0 fully saturated rings. The van der Waals surface area contributed by atoms with Gasteiger partial charge in [0, 0.05) is 6.42 Å². The first kappa shape index (κ1) is 13.7. The van der Waals surface area contributed by atoms with Crippen LogP contribution in [0.3, 0.4) is 0 Å². The smallest absolute Gasteiger partial charge is 0.303 e. The van der Waals surface area contributed by atoms with Gasteiger partial charge in [0.25, 0.3) is 0 Å². The molecule has 0 aromatic heterocycles. The molecule has 0 radical (unpaired) electrons. The molecule has 1 aromatic rings. The standard InChI is InChI=1S/C14H21NO2/c1-10(2)13-5-3-11(4-6-13)7-12(9-15)8-14(16)17/h3-6,10,12H,7-9,15H2,1-2H3,(H,16,17). The quantitative estimate of drug-likeness (QED) is 0.795. The van der Waals surface area contributed by atoms with Crippen LogP contribution < -0.4 is 5.73 Å². The van der Waals surface area contributed by atoms with Crippen LogP contribution in [0.15, 0.2) is 24.3 Å². The number of benzene rings is 1. The van der Waals surface area contributed by atoms with Gasteiger partial charge in [0.2, 0.25) is 0 Å². The normalized spacial score (nSPS) is 12.7. The van der Waals surface area contributed by atoms with E-state index in [1.54, 1.807) is 0 Å².